The summed E-state index contributed by atoms with van der Waals surface area (Å²) in [4.78, 5) is 12.3. The lowest BCUT2D eigenvalue weighted by molar-refractivity contribution is 0.0939. The second-order valence-electron chi connectivity index (χ2n) is 6.99. The zero-order valence-corrected chi connectivity index (χ0v) is 15.2. The molecule has 4 rings (SSSR count). The van der Waals surface area contributed by atoms with Gasteiger partial charge in [0.15, 0.2) is 0 Å². The van der Waals surface area contributed by atoms with E-state index in [0.29, 0.717) is 11.5 Å². The van der Waals surface area contributed by atoms with E-state index in [1.807, 2.05) is 54.6 Å². The first-order valence-corrected chi connectivity index (χ1v) is 9.43. The van der Waals surface area contributed by atoms with Crippen LogP contribution in [0.15, 0.2) is 72.6 Å². The fourth-order valence-corrected chi connectivity index (χ4v) is 3.17. The first kappa shape index (κ1) is 17.2. The zero-order chi connectivity index (χ0) is 18.5. The normalized spacial score (nSPS) is 16.1. The smallest absolute Gasteiger partial charge is 0.251 e. The molecule has 1 fully saturated rings. The summed E-state index contributed by atoms with van der Waals surface area (Å²) in [6.07, 6.45) is 7.74. The number of carbonyl (C=O) groups is 1. The maximum absolute atomic E-state index is 12.3. The fraction of sp³-hybridized carbons (Fsp3) is 0.227. The highest BCUT2D eigenvalue weighted by atomic mass is 16.1. The monoisotopic (exact) mass is 360 g/mol. The lowest BCUT2D eigenvalue weighted by atomic mass is 9.85. The molecule has 1 amide bonds. The molecule has 0 saturated heterocycles. The Morgan fingerprint density at radius 1 is 1.00 bits per heavy atom. The molecule has 1 saturated carbocycles. The van der Waals surface area contributed by atoms with Gasteiger partial charge in [-0.25, -0.2) is 0 Å². The molecule has 0 bridgehead atoms. The third-order valence-electron chi connectivity index (χ3n) is 5.01. The lowest BCUT2D eigenvalue weighted by Gasteiger charge is -2.25. The van der Waals surface area contributed by atoms with Gasteiger partial charge in [-0.3, -0.25) is 15.6 Å². The van der Waals surface area contributed by atoms with Crippen LogP contribution in [0.2, 0.25) is 0 Å². The molecule has 2 aliphatic rings. The van der Waals surface area contributed by atoms with E-state index in [1.54, 1.807) is 0 Å². The van der Waals surface area contributed by atoms with Crippen molar-refractivity contribution in [2.45, 2.75) is 19.3 Å². The van der Waals surface area contributed by atoms with E-state index in [2.05, 4.69) is 33.6 Å². The van der Waals surface area contributed by atoms with Gasteiger partial charge in [-0.05, 0) is 54.7 Å². The summed E-state index contributed by atoms with van der Waals surface area (Å²) in [5.74, 6) is 1.46. The van der Waals surface area contributed by atoms with Gasteiger partial charge in [0, 0.05) is 17.8 Å². The van der Waals surface area contributed by atoms with Crippen LogP contribution in [0.4, 0.5) is 5.69 Å². The van der Waals surface area contributed by atoms with E-state index in [-0.39, 0.29) is 5.91 Å². The van der Waals surface area contributed by atoms with E-state index in [9.17, 15) is 4.79 Å². The van der Waals surface area contributed by atoms with E-state index < -0.39 is 0 Å². The Hall–Kier alpha value is -3.21. The Labute approximate surface area is 159 Å². The van der Waals surface area contributed by atoms with E-state index in [1.165, 1.54) is 19.3 Å². The van der Waals surface area contributed by atoms with Crippen molar-refractivity contribution in [3.05, 3.63) is 83.7 Å². The van der Waals surface area contributed by atoms with Gasteiger partial charge in [0.05, 0.1) is 5.70 Å². The van der Waals surface area contributed by atoms with Gasteiger partial charge in [0.2, 0.25) is 0 Å². The van der Waals surface area contributed by atoms with Gasteiger partial charge in [0.25, 0.3) is 5.91 Å². The highest BCUT2D eigenvalue weighted by Crippen LogP contribution is 2.25. The molecule has 5 nitrogen and oxygen atoms in total. The van der Waals surface area contributed by atoms with Crippen molar-refractivity contribution in [3.8, 4) is 0 Å². The van der Waals surface area contributed by atoms with Crippen molar-refractivity contribution in [1.29, 1.82) is 0 Å². The average Bonchev–Trinajstić information content (AvgIpc) is 2.68. The summed E-state index contributed by atoms with van der Waals surface area (Å²) in [6.45, 7) is 0.778. The zero-order valence-electron chi connectivity index (χ0n) is 15.2. The molecule has 4 N–H and O–H groups in total. The van der Waals surface area contributed by atoms with Crippen LogP contribution >= 0.6 is 0 Å². The number of hydrogen-bond donors (Lipinski definition) is 4. The number of benzene rings is 2. The van der Waals surface area contributed by atoms with Gasteiger partial charge < -0.3 is 10.6 Å². The molecule has 1 aliphatic heterocycles. The predicted molar refractivity (Wildman–Crippen MR) is 109 cm³/mol. The number of allylic oxidation sites excluding steroid dienone is 2. The molecule has 0 aromatic heterocycles. The van der Waals surface area contributed by atoms with Crippen LogP contribution in [-0.4, -0.2) is 12.5 Å². The molecule has 2 aromatic rings. The summed E-state index contributed by atoms with van der Waals surface area (Å²) in [6, 6.07) is 17.7. The number of nitrogens with one attached hydrogen (secondary N) is 4. The number of carbonyl (C=O) groups excluding carboxylic acids is 1. The Kier molecular flexibility index (Phi) is 5.10. The summed E-state index contributed by atoms with van der Waals surface area (Å²) in [5.41, 5.74) is 10.00. The number of amides is 1. The van der Waals surface area contributed by atoms with Crippen LogP contribution < -0.4 is 21.5 Å². The highest BCUT2D eigenvalue weighted by Gasteiger charge is 2.18. The predicted octanol–water partition coefficient (Wildman–Crippen LogP) is 3.62. The molecule has 0 unspecified atom stereocenters. The Morgan fingerprint density at radius 3 is 2.56 bits per heavy atom. The third-order valence-corrected chi connectivity index (χ3v) is 5.01. The van der Waals surface area contributed by atoms with Crippen molar-refractivity contribution in [2.24, 2.45) is 5.92 Å². The number of hydrazine groups is 1. The summed E-state index contributed by atoms with van der Waals surface area (Å²) in [5, 5.41) is 6.34. The molecule has 27 heavy (non-hydrogen) atoms. The standard InChI is InChI=1S/C22H24N4O/c27-22(23-15-16-6-4-7-16)18-10-5-11-19(14-18)24-21-13-12-20(25-26-21)17-8-2-1-3-9-17/h1-3,5,8-14,16,24-26H,4,6-7,15H2,(H,23,27). The van der Waals surface area contributed by atoms with Crippen LogP contribution in [0.25, 0.3) is 5.70 Å². The van der Waals surface area contributed by atoms with E-state index >= 15 is 0 Å². The van der Waals surface area contributed by atoms with Crippen LogP contribution in [0.1, 0.15) is 35.2 Å². The van der Waals surface area contributed by atoms with Crippen molar-refractivity contribution in [3.63, 3.8) is 0 Å². The van der Waals surface area contributed by atoms with Crippen LogP contribution in [-0.2, 0) is 0 Å². The molecule has 1 aliphatic carbocycles. The Bertz CT molecular complexity index is 869. The maximum atomic E-state index is 12.3. The second-order valence-corrected chi connectivity index (χ2v) is 6.99. The molecular formula is C22H24N4O. The van der Waals surface area contributed by atoms with Gasteiger partial charge in [-0.15, -0.1) is 0 Å². The van der Waals surface area contributed by atoms with Crippen molar-refractivity contribution < 1.29 is 4.79 Å². The van der Waals surface area contributed by atoms with E-state index in [4.69, 9.17) is 0 Å². The van der Waals surface area contributed by atoms with Crippen LogP contribution in [0.3, 0.4) is 0 Å². The van der Waals surface area contributed by atoms with Crippen molar-refractivity contribution in [2.75, 3.05) is 11.9 Å². The van der Waals surface area contributed by atoms with Gasteiger partial charge in [-0.2, -0.15) is 0 Å². The minimum absolute atomic E-state index is 0.0134. The largest absolute Gasteiger partial charge is 0.352 e. The first-order valence-electron chi connectivity index (χ1n) is 9.43. The quantitative estimate of drug-likeness (QED) is 0.635. The maximum Gasteiger partial charge on any atom is 0.251 e. The first-order chi connectivity index (χ1) is 13.3. The summed E-state index contributed by atoms with van der Waals surface area (Å²) in [7, 11) is 0. The van der Waals surface area contributed by atoms with E-state index in [0.717, 1.165) is 29.3 Å². The highest BCUT2D eigenvalue weighted by molar-refractivity contribution is 5.95. The fourth-order valence-electron chi connectivity index (χ4n) is 3.17. The molecule has 5 heteroatoms. The Morgan fingerprint density at radius 2 is 1.85 bits per heavy atom. The summed E-state index contributed by atoms with van der Waals surface area (Å²) >= 11 is 0. The van der Waals surface area contributed by atoms with Crippen LogP contribution in [0, 0.1) is 5.92 Å². The number of anilines is 1. The SMILES string of the molecule is O=C(NCC1CCC1)c1cccc(NC2=CC=C(c3ccccc3)NN2)c1. The molecule has 1 heterocycles. The van der Waals surface area contributed by atoms with Crippen LogP contribution in [0.5, 0.6) is 0 Å². The van der Waals surface area contributed by atoms with Crippen molar-refractivity contribution >= 4 is 17.3 Å². The molecule has 0 atom stereocenters. The number of hydrogen-bond acceptors (Lipinski definition) is 4. The van der Waals surface area contributed by atoms with Crippen molar-refractivity contribution in [1.82, 2.24) is 16.2 Å². The molecular weight excluding hydrogens is 336 g/mol. The Balaban J connectivity index is 1.39. The molecule has 0 spiro atoms. The topological polar surface area (TPSA) is 65.2 Å². The molecule has 138 valence electrons. The molecule has 0 radical (unpaired) electrons. The molecule has 2 aromatic carbocycles. The summed E-state index contributed by atoms with van der Waals surface area (Å²) < 4.78 is 0. The van der Waals surface area contributed by atoms with Gasteiger partial charge in [-0.1, -0.05) is 42.8 Å². The van der Waals surface area contributed by atoms with Gasteiger partial charge >= 0.3 is 0 Å². The minimum Gasteiger partial charge on any atom is -0.352 e. The average molecular weight is 360 g/mol. The minimum atomic E-state index is -0.0134. The van der Waals surface area contributed by atoms with Gasteiger partial charge in [0.1, 0.15) is 5.82 Å². The number of rotatable bonds is 6. The lowest BCUT2D eigenvalue weighted by Crippen LogP contribution is -2.35. The third kappa shape index (κ3) is 4.31. The second kappa shape index (κ2) is 7.99.